The molecule has 0 aliphatic carbocycles. The van der Waals surface area contributed by atoms with E-state index < -0.39 is 0 Å². The first-order valence-corrected chi connectivity index (χ1v) is 3.50. The molecule has 0 aromatic carbocycles. The van der Waals surface area contributed by atoms with E-state index in [0.29, 0.717) is 11.2 Å². The molecule has 0 atom stereocenters. The van der Waals surface area contributed by atoms with Gasteiger partial charge < -0.3 is 9.46 Å². The molecular weight excluding hydrogens is 167 g/mol. The van der Waals surface area contributed by atoms with Crippen LogP contribution in [0, 0.1) is 16.6 Å². The van der Waals surface area contributed by atoms with Crippen LogP contribution in [0.2, 0.25) is 0 Å². The number of hydrogen-bond acceptors (Lipinski definition) is 4. The first kappa shape index (κ1) is 7.55. The number of nitrogens with one attached hydrogen (secondary N) is 2. The molecule has 0 unspecified atom stereocenters. The van der Waals surface area contributed by atoms with E-state index in [1.807, 2.05) is 5.97 Å². The second-order valence-corrected chi connectivity index (χ2v) is 2.36. The minimum absolute atomic E-state index is 0.120. The van der Waals surface area contributed by atoms with E-state index >= 15 is 0 Å². The van der Waals surface area contributed by atoms with E-state index in [1.165, 1.54) is 24.5 Å². The van der Waals surface area contributed by atoms with Gasteiger partial charge in [0.05, 0.1) is 12.7 Å². The smallest absolute Gasteiger partial charge is 0.349 e. The molecule has 0 spiro atoms. The Kier molecular flexibility index (Phi) is 1.60. The van der Waals surface area contributed by atoms with Crippen molar-refractivity contribution in [2.45, 2.75) is 0 Å². The molecule has 2 N–H and O–H groups in total. The van der Waals surface area contributed by atoms with Crippen molar-refractivity contribution in [2.24, 2.45) is 0 Å². The van der Waals surface area contributed by atoms with Gasteiger partial charge in [0, 0.05) is 5.97 Å². The van der Waals surface area contributed by atoms with Gasteiger partial charge >= 0.3 is 7.41 Å². The van der Waals surface area contributed by atoms with Crippen LogP contribution >= 0.6 is 0 Å². The standard InChI is InChI=1S/C6H4BN6/c8-1-7-13-3-12-5(9)4-6(13)11-2-10-4/h2-3,9H,(H,10,11). The van der Waals surface area contributed by atoms with Gasteiger partial charge in [-0.25, -0.2) is 15.2 Å². The van der Waals surface area contributed by atoms with Crippen molar-refractivity contribution in [3.05, 3.63) is 18.1 Å². The maximum atomic E-state index is 8.45. The van der Waals surface area contributed by atoms with Crippen LogP contribution in [0.5, 0.6) is 0 Å². The SMILES string of the molecule is N#C[B]n1cnc(=N)c2[nH]cnc21. The van der Waals surface area contributed by atoms with Crippen LogP contribution < -0.4 is 5.49 Å². The fourth-order valence-corrected chi connectivity index (χ4v) is 1.05. The molecule has 0 saturated carbocycles. The van der Waals surface area contributed by atoms with Gasteiger partial charge in [0.2, 0.25) is 0 Å². The highest BCUT2D eigenvalue weighted by Crippen LogP contribution is 1.99. The van der Waals surface area contributed by atoms with Crippen LogP contribution in [0.3, 0.4) is 0 Å². The Hall–Kier alpha value is -2.10. The lowest BCUT2D eigenvalue weighted by Gasteiger charge is -1.98. The van der Waals surface area contributed by atoms with Gasteiger partial charge in [-0.05, 0) is 0 Å². The van der Waals surface area contributed by atoms with E-state index in [1.54, 1.807) is 0 Å². The second-order valence-electron chi connectivity index (χ2n) is 2.36. The van der Waals surface area contributed by atoms with Crippen LogP contribution in [0.15, 0.2) is 12.7 Å². The van der Waals surface area contributed by atoms with Gasteiger partial charge in [-0.3, -0.25) is 5.41 Å². The lowest BCUT2D eigenvalue weighted by molar-refractivity contribution is 1.03. The van der Waals surface area contributed by atoms with Crippen molar-refractivity contribution < 1.29 is 0 Å². The monoisotopic (exact) mass is 171 g/mol. The van der Waals surface area contributed by atoms with Gasteiger partial charge in [-0.1, -0.05) is 0 Å². The maximum absolute atomic E-state index is 8.45. The summed E-state index contributed by atoms with van der Waals surface area (Å²) in [5.41, 5.74) is 1.17. The molecule has 0 aliphatic heterocycles. The molecule has 13 heavy (non-hydrogen) atoms. The summed E-state index contributed by atoms with van der Waals surface area (Å²) in [5, 5.41) is 15.9. The van der Waals surface area contributed by atoms with Gasteiger partial charge in [0.25, 0.3) is 0 Å². The molecule has 2 heterocycles. The Morgan fingerprint density at radius 2 is 2.46 bits per heavy atom. The minimum Gasteiger partial charge on any atom is -0.349 e. The van der Waals surface area contributed by atoms with Crippen molar-refractivity contribution in [1.29, 1.82) is 10.7 Å². The van der Waals surface area contributed by atoms with Crippen molar-refractivity contribution in [3.8, 4) is 5.97 Å². The number of H-pyrrole nitrogens is 1. The van der Waals surface area contributed by atoms with Crippen LogP contribution in [-0.2, 0) is 0 Å². The minimum atomic E-state index is 0.120. The Bertz CT molecular complexity index is 532. The van der Waals surface area contributed by atoms with Crippen molar-refractivity contribution in [2.75, 3.05) is 0 Å². The predicted octanol–water partition coefficient (Wildman–Crippen LogP) is -0.813. The van der Waals surface area contributed by atoms with E-state index in [4.69, 9.17) is 10.7 Å². The summed E-state index contributed by atoms with van der Waals surface area (Å²) in [4.78, 5) is 10.5. The molecule has 0 fully saturated rings. The third kappa shape index (κ3) is 1.08. The number of nitriles is 1. The van der Waals surface area contributed by atoms with Crippen molar-refractivity contribution in [1.82, 2.24) is 19.4 Å². The summed E-state index contributed by atoms with van der Waals surface area (Å²) >= 11 is 0. The highest BCUT2D eigenvalue weighted by molar-refractivity contribution is 6.44. The van der Waals surface area contributed by atoms with Gasteiger partial charge in [0.1, 0.15) is 5.52 Å². The highest BCUT2D eigenvalue weighted by atomic mass is 15.1. The zero-order valence-corrected chi connectivity index (χ0v) is 6.52. The summed E-state index contributed by atoms with van der Waals surface area (Å²) in [5.74, 6) is 1.87. The third-order valence-electron chi connectivity index (χ3n) is 1.61. The Morgan fingerprint density at radius 3 is 3.23 bits per heavy atom. The van der Waals surface area contributed by atoms with Gasteiger partial charge in [-0.2, -0.15) is 0 Å². The normalized spacial score (nSPS) is 9.77. The molecule has 2 rings (SSSR count). The summed E-state index contributed by atoms with van der Waals surface area (Å²) in [6.45, 7) is 0. The predicted molar refractivity (Wildman–Crippen MR) is 44.5 cm³/mol. The highest BCUT2D eigenvalue weighted by Gasteiger charge is 2.04. The summed E-state index contributed by atoms with van der Waals surface area (Å²) in [7, 11) is 1.27. The number of fused-ring (bicyclic) bond motifs is 1. The topological polar surface area (TPSA) is 94.1 Å². The number of aromatic amines is 1. The molecule has 2 aromatic heterocycles. The Labute approximate surface area is 73.6 Å². The zero-order valence-electron chi connectivity index (χ0n) is 6.52. The number of aromatic nitrogens is 4. The van der Waals surface area contributed by atoms with Crippen molar-refractivity contribution >= 4 is 18.6 Å². The Balaban J connectivity index is 2.80. The zero-order chi connectivity index (χ0) is 9.26. The third-order valence-corrected chi connectivity index (χ3v) is 1.61. The molecule has 1 radical (unpaired) electrons. The fraction of sp³-hybridized carbons (Fsp3) is 0. The van der Waals surface area contributed by atoms with Crippen molar-refractivity contribution in [3.63, 3.8) is 0 Å². The van der Waals surface area contributed by atoms with Crippen LogP contribution in [0.25, 0.3) is 11.2 Å². The molecule has 6 nitrogen and oxygen atoms in total. The summed E-state index contributed by atoms with van der Waals surface area (Å²) in [6, 6.07) is 0. The lowest BCUT2D eigenvalue weighted by atomic mass is 9.98. The quantitative estimate of drug-likeness (QED) is 0.549. The maximum Gasteiger partial charge on any atom is 0.393 e. The van der Waals surface area contributed by atoms with Gasteiger partial charge in [0.15, 0.2) is 11.1 Å². The molecule has 61 valence electrons. The van der Waals surface area contributed by atoms with Gasteiger partial charge in [-0.15, -0.1) is 0 Å². The number of hydrogen-bond donors (Lipinski definition) is 2. The lowest BCUT2D eigenvalue weighted by Crippen LogP contribution is -2.15. The van der Waals surface area contributed by atoms with E-state index in [9.17, 15) is 0 Å². The van der Waals surface area contributed by atoms with E-state index in [-0.39, 0.29) is 5.49 Å². The summed E-state index contributed by atoms with van der Waals surface area (Å²) in [6.07, 6.45) is 2.85. The van der Waals surface area contributed by atoms with Crippen LogP contribution in [0.1, 0.15) is 0 Å². The Morgan fingerprint density at radius 1 is 1.62 bits per heavy atom. The molecule has 0 aliphatic rings. The van der Waals surface area contributed by atoms with Crippen LogP contribution in [-0.4, -0.2) is 26.8 Å². The molecule has 7 heteroatoms. The first-order chi connectivity index (χ1) is 6.33. The van der Waals surface area contributed by atoms with Crippen LogP contribution in [0.4, 0.5) is 0 Å². The second kappa shape index (κ2) is 2.75. The largest absolute Gasteiger partial charge is 0.393 e. The molecule has 0 saturated heterocycles. The molecule has 2 aromatic rings. The van der Waals surface area contributed by atoms with E-state index in [2.05, 4.69) is 15.0 Å². The average molecular weight is 171 g/mol. The summed E-state index contributed by atoms with van der Waals surface area (Å²) < 4.78 is 1.46. The number of imidazole rings is 1. The van der Waals surface area contributed by atoms with E-state index in [0.717, 1.165) is 0 Å². The number of rotatable bonds is 1. The molecule has 0 bridgehead atoms. The number of nitrogens with zero attached hydrogens (tertiary/aromatic N) is 4. The molecule has 0 amide bonds. The fourth-order valence-electron chi connectivity index (χ4n) is 1.05. The average Bonchev–Trinajstić information content (AvgIpc) is 2.59. The first-order valence-electron chi connectivity index (χ1n) is 3.50. The molecular formula is C6H4BN6.